The van der Waals surface area contributed by atoms with E-state index < -0.39 is 0 Å². The number of thioether (sulfide) groups is 1. The molecule has 0 aliphatic rings. The molecular weight excluding hydrogens is 286 g/mol. The number of carbonyl (C=O) groups is 1. The highest BCUT2D eigenvalue weighted by atomic mass is 32.2. The second-order valence-electron chi connectivity index (χ2n) is 5.19. The van der Waals surface area contributed by atoms with E-state index in [1.807, 2.05) is 31.2 Å². The highest BCUT2D eigenvalue weighted by Crippen LogP contribution is 2.17. The summed E-state index contributed by atoms with van der Waals surface area (Å²) in [4.78, 5) is 12.0. The molecule has 1 aromatic heterocycles. The molecule has 112 valence electrons. The molecule has 21 heavy (non-hydrogen) atoms. The van der Waals surface area contributed by atoms with Crippen molar-refractivity contribution in [3.8, 4) is 0 Å². The van der Waals surface area contributed by atoms with Gasteiger partial charge in [-0.2, -0.15) is 0 Å². The monoisotopic (exact) mass is 305 g/mol. The zero-order valence-electron chi connectivity index (χ0n) is 12.4. The van der Waals surface area contributed by atoms with Crippen LogP contribution in [-0.2, 0) is 11.3 Å². The lowest BCUT2D eigenvalue weighted by Gasteiger charge is -2.08. The molecule has 0 radical (unpaired) electrons. The van der Waals surface area contributed by atoms with Crippen molar-refractivity contribution in [2.24, 2.45) is 5.92 Å². The maximum Gasteiger partial charge on any atom is 0.234 e. The second-order valence-corrected chi connectivity index (χ2v) is 6.13. The number of nitrogens with zero attached hydrogens (tertiary/aromatic N) is 4. The van der Waals surface area contributed by atoms with Crippen LogP contribution in [-0.4, -0.2) is 31.9 Å². The number of nitrogens with one attached hydrogen (secondary N) is 1. The van der Waals surface area contributed by atoms with Crippen LogP contribution >= 0.6 is 11.8 Å². The first-order valence-electron chi connectivity index (χ1n) is 6.80. The molecule has 7 heteroatoms. The third-order valence-electron chi connectivity index (χ3n) is 2.79. The Morgan fingerprint density at radius 1 is 1.38 bits per heavy atom. The van der Waals surface area contributed by atoms with Gasteiger partial charge in [0.1, 0.15) is 0 Å². The molecule has 0 aliphatic carbocycles. The maximum absolute atomic E-state index is 12.0. The number of hydrogen-bond acceptors (Lipinski definition) is 5. The van der Waals surface area contributed by atoms with Crippen molar-refractivity contribution >= 4 is 23.4 Å². The molecule has 0 aliphatic heterocycles. The summed E-state index contributed by atoms with van der Waals surface area (Å²) >= 11 is 1.34. The molecule has 2 aromatic rings. The molecule has 0 saturated carbocycles. The molecule has 1 aromatic carbocycles. The summed E-state index contributed by atoms with van der Waals surface area (Å²) in [6.07, 6.45) is 0. The van der Waals surface area contributed by atoms with Crippen LogP contribution in [0.5, 0.6) is 0 Å². The Hall–Kier alpha value is -1.89. The van der Waals surface area contributed by atoms with E-state index in [0.717, 1.165) is 17.8 Å². The van der Waals surface area contributed by atoms with Crippen LogP contribution in [0.3, 0.4) is 0 Å². The van der Waals surface area contributed by atoms with Crippen molar-refractivity contribution in [1.29, 1.82) is 0 Å². The number of hydrogen-bond donors (Lipinski definition) is 1. The number of amides is 1. The highest BCUT2D eigenvalue weighted by molar-refractivity contribution is 7.99. The zero-order chi connectivity index (χ0) is 15.2. The fraction of sp³-hybridized carbons (Fsp3) is 0.429. The third kappa shape index (κ3) is 4.56. The summed E-state index contributed by atoms with van der Waals surface area (Å²) in [5.74, 6) is 0.675. The van der Waals surface area contributed by atoms with E-state index in [2.05, 4.69) is 34.7 Å². The Labute approximate surface area is 128 Å². The molecule has 6 nitrogen and oxygen atoms in total. The van der Waals surface area contributed by atoms with Gasteiger partial charge in [0.05, 0.1) is 5.75 Å². The Morgan fingerprint density at radius 2 is 2.14 bits per heavy atom. The van der Waals surface area contributed by atoms with E-state index >= 15 is 0 Å². The van der Waals surface area contributed by atoms with Crippen molar-refractivity contribution in [2.75, 3.05) is 11.1 Å². The molecule has 1 heterocycles. The van der Waals surface area contributed by atoms with Crippen molar-refractivity contribution in [2.45, 2.75) is 32.5 Å². The van der Waals surface area contributed by atoms with Crippen molar-refractivity contribution in [3.05, 3.63) is 29.8 Å². The molecule has 0 atom stereocenters. The smallest absolute Gasteiger partial charge is 0.234 e. The minimum atomic E-state index is -0.0617. The SMILES string of the molecule is Cc1ccccc1NC(=O)CSc1nnnn1CC(C)C. The summed E-state index contributed by atoms with van der Waals surface area (Å²) in [6, 6.07) is 7.70. The van der Waals surface area contributed by atoms with Crippen molar-refractivity contribution in [3.63, 3.8) is 0 Å². The van der Waals surface area contributed by atoms with E-state index in [1.165, 1.54) is 11.8 Å². The van der Waals surface area contributed by atoms with E-state index in [1.54, 1.807) is 4.68 Å². The van der Waals surface area contributed by atoms with Crippen LogP contribution < -0.4 is 5.32 Å². The average molecular weight is 305 g/mol. The average Bonchev–Trinajstić information content (AvgIpc) is 2.85. The predicted octanol–water partition coefficient (Wildman–Crippen LogP) is 2.37. The molecule has 2 rings (SSSR count). The molecule has 1 N–H and O–H groups in total. The Kier molecular flexibility index (Phi) is 5.32. The largest absolute Gasteiger partial charge is 0.325 e. The normalized spacial score (nSPS) is 10.9. The molecule has 0 fully saturated rings. The standard InChI is InChI=1S/C14H19N5OS/c1-10(2)8-19-14(16-17-18-19)21-9-13(20)15-12-7-5-4-6-11(12)3/h4-7,10H,8-9H2,1-3H3,(H,15,20). The Bertz CT molecular complexity index is 611. The van der Waals surface area contributed by atoms with Gasteiger partial charge in [0.25, 0.3) is 0 Å². The first-order chi connectivity index (χ1) is 10.1. The number of tetrazole rings is 1. The van der Waals surface area contributed by atoms with Gasteiger partial charge in [0, 0.05) is 12.2 Å². The number of carbonyl (C=O) groups excluding carboxylic acids is 1. The number of aromatic nitrogens is 4. The van der Waals surface area contributed by atoms with Crippen LogP contribution in [0.15, 0.2) is 29.4 Å². The van der Waals surface area contributed by atoms with Gasteiger partial charge in [-0.15, -0.1) is 5.10 Å². The molecule has 0 spiro atoms. The Balaban J connectivity index is 1.90. The van der Waals surface area contributed by atoms with Gasteiger partial charge in [-0.25, -0.2) is 4.68 Å². The fourth-order valence-corrected chi connectivity index (χ4v) is 2.48. The Morgan fingerprint density at radius 3 is 2.86 bits per heavy atom. The number of benzene rings is 1. The van der Waals surface area contributed by atoms with Gasteiger partial charge in [0.2, 0.25) is 11.1 Å². The minimum absolute atomic E-state index is 0.0617. The number of anilines is 1. The summed E-state index contributed by atoms with van der Waals surface area (Å²) in [5, 5.41) is 15.1. The van der Waals surface area contributed by atoms with Crippen LogP contribution in [0.2, 0.25) is 0 Å². The van der Waals surface area contributed by atoms with Crippen molar-refractivity contribution < 1.29 is 4.79 Å². The summed E-state index contributed by atoms with van der Waals surface area (Å²) in [7, 11) is 0. The molecule has 0 saturated heterocycles. The van der Waals surface area contributed by atoms with Gasteiger partial charge in [-0.3, -0.25) is 4.79 Å². The van der Waals surface area contributed by atoms with Gasteiger partial charge in [0.15, 0.2) is 0 Å². The van der Waals surface area contributed by atoms with E-state index in [-0.39, 0.29) is 11.7 Å². The summed E-state index contributed by atoms with van der Waals surface area (Å²) in [6.45, 7) is 6.91. The number of para-hydroxylation sites is 1. The first kappa shape index (κ1) is 15.5. The topological polar surface area (TPSA) is 72.7 Å². The molecule has 0 bridgehead atoms. The van der Waals surface area contributed by atoms with Crippen LogP contribution in [0.4, 0.5) is 5.69 Å². The van der Waals surface area contributed by atoms with Crippen LogP contribution in [0, 0.1) is 12.8 Å². The first-order valence-corrected chi connectivity index (χ1v) is 7.79. The van der Waals surface area contributed by atoms with Gasteiger partial charge >= 0.3 is 0 Å². The van der Waals surface area contributed by atoms with Gasteiger partial charge in [-0.05, 0) is 34.9 Å². The zero-order valence-corrected chi connectivity index (χ0v) is 13.2. The van der Waals surface area contributed by atoms with Gasteiger partial charge in [-0.1, -0.05) is 43.8 Å². The van der Waals surface area contributed by atoms with E-state index in [9.17, 15) is 4.79 Å². The lowest BCUT2D eigenvalue weighted by atomic mass is 10.2. The predicted molar refractivity (Wildman–Crippen MR) is 83.2 cm³/mol. The van der Waals surface area contributed by atoms with Crippen LogP contribution in [0.25, 0.3) is 0 Å². The van der Waals surface area contributed by atoms with Crippen molar-refractivity contribution in [1.82, 2.24) is 20.2 Å². The van der Waals surface area contributed by atoms with E-state index in [4.69, 9.17) is 0 Å². The third-order valence-corrected chi connectivity index (χ3v) is 3.75. The number of rotatable bonds is 6. The fourth-order valence-electron chi connectivity index (χ4n) is 1.79. The highest BCUT2D eigenvalue weighted by Gasteiger charge is 2.11. The quantitative estimate of drug-likeness (QED) is 0.829. The lowest BCUT2D eigenvalue weighted by Crippen LogP contribution is -2.15. The number of aryl methyl sites for hydroxylation is 1. The second kappa shape index (κ2) is 7.21. The summed E-state index contributed by atoms with van der Waals surface area (Å²) in [5.41, 5.74) is 1.88. The lowest BCUT2D eigenvalue weighted by molar-refractivity contribution is -0.113. The minimum Gasteiger partial charge on any atom is -0.325 e. The van der Waals surface area contributed by atoms with Gasteiger partial charge < -0.3 is 5.32 Å². The van der Waals surface area contributed by atoms with E-state index in [0.29, 0.717) is 11.1 Å². The van der Waals surface area contributed by atoms with Crippen LogP contribution in [0.1, 0.15) is 19.4 Å². The summed E-state index contributed by atoms with van der Waals surface area (Å²) < 4.78 is 1.73. The molecule has 1 amide bonds. The molecule has 0 unspecified atom stereocenters. The maximum atomic E-state index is 12.0. The molecular formula is C14H19N5OS.